The van der Waals surface area contributed by atoms with Crippen LogP contribution in [-0.2, 0) is 4.79 Å². The molecule has 26 heavy (non-hydrogen) atoms. The molecule has 2 heterocycles. The van der Waals surface area contributed by atoms with Gasteiger partial charge in [-0.05, 0) is 47.0 Å². The molecule has 0 bridgehead atoms. The molecule has 0 spiro atoms. The van der Waals surface area contributed by atoms with E-state index < -0.39 is 0 Å². The molecule has 2 rings (SSSR count). The fourth-order valence-electron chi connectivity index (χ4n) is 2.59. The summed E-state index contributed by atoms with van der Waals surface area (Å²) < 4.78 is 3.40. The topological polar surface area (TPSA) is 73.0 Å². The van der Waals surface area contributed by atoms with Gasteiger partial charge in [0.1, 0.15) is 5.39 Å². The first kappa shape index (κ1) is 20.0. The second-order valence-corrected chi connectivity index (χ2v) is 7.12. The van der Waals surface area contributed by atoms with E-state index in [1.807, 2.05) is 53.0 Å². The van der Waals surface area contributed by atoms with Crippen LogP contribution in [0.5, 0.6) is 0 Å². The largest absolute Gasteiger partial charge is 0.317 e. The summed E-state index contributed by atoms with van der Waals surface area (Å²) in [6.07, 6.45) is 9.69. The first-order valence-corrected chi connectivity index (χ1v) is 9.70. The Hall–Kier alpha value is -2.35. The molecule has 0 aliphatic rings. The van der Waals surface area contributed by atoms with Gasteiger partial charge in [-0.25, -0.2) is 19.3 Å². The van der Waals surface area contributed by atoms with E-state index in [2.05, 4.69) is 9.97 Å². The third kappa shape index (κ3) is 3.75. The van der Waals surface area contributed by atoms with Crippen molar-refractivity contribution in [3.63, 3.8) is 0 Å². The van der Waals surface area contributed by atoms with Gasteiger partial charge in [0.25, 0.3) is 5.56 Å². The first-order valence-electron chi connectivity index (χ1n) is 8.47. The normalized spacial score (nSPS) is 12.7. The zero-order valence-corrected chi connectivity index (χ0v) is 16.8. The lowest BCUT2D eigenvalue weighted by atomic mass is 10.3. The van der Waals surface area contributed by atoms with Gasteiger partial charge in [0, 0.05) is 24.5 Å². The van der Waals surface area contributed by atoms with Crippen LogP contribution in [0.25, 0.3) is 16.7 Å². The van der Waals surface area contributed by atoms with Crippen molar-refractivity contribution < 1.29 is 4.79 Å². The van der Waals surface area contributed by atoms with Gasteiger partial charge in [-0.1, -0.05) is 17.8 Å². The molecule has 0 N–H and O–H groups in total. The second-order valence-electron chi connectivity index (χ2n) is 6.35. The molecule has 0 atom stereocenters. The van der Waals surface area contributed by atoms with Gasteiger partial charge in [0.15, 0.2) is 10.8 Å². The maximum Gasteiger partial charge on any atom is 0.278 e. The molecule has 2 aromatic heterocycles. The van der Waals surface area contributed by atoms with Crippen molar-refractivity contribution in [1.29, 1.82) is 0 Å². The highest BCUT2D eigenvalue weighted by Gasteiger charge is 2.20. The van der Waals surface area contributed by atoms with Crippen molar-refractivity contribution in [2.45, 2.75) is 51.9 Å². The molecule has 0 aromatic carbocycles. The molecule has 0 saturated heterocycles. The van der Waals surface area contributed by atoms with Crippen LogP contribution in [-0.4, -0.2) is 42.9 Å². The number of fused-ring (bicyclic) bond motifs is 1. The number of hydrogen-bond acceptors (Lipinski definition) is 5. The van der Waals surface area contributed by atoms with Crippen LogP contribution < -0.4 is 5.56 Å². The van der Waals surface area contributed by atoms with Crippen molar-refractivity contribution >= 4 is 34.9 Å². The highest BCUT2D eigenvalue weighted by Crippen LogP contribution is 2.21. The van der Waals surface area contributed by atoms with Crippen molar-refractivity contribution in [2.24, 2.45) is 0 Å². The molecule has 0 unspecified atom stereocenters. The number of hydrogen-bond donors (Lipinski definition) is 0. The Labute approximate surface area is 157 Å². The highest BCUT2D eigenvalue weighted by molar-refractivity contribution is 7.98. The van der Waals surface area contributed by atoms with Gasteiger partial charge in [-0.2, -0.15) is 0 Å². The van der Waals surface area contributed by atoms with Crippen molar-refractivity contribution in [1.82, 2.24) is 24.2 Å². The Morgan fingerprint density at radius 2 is 2.00 bits per heavy atom. The second kappa shape index (κ2) is 8.35. The zero-order chi connectivity index (χ0) is 19.4. The highest BCUT2D eigenvalue weighted by atomic mass is 32.2. The van der Waals surface area contributed by atoms with Crippen LogP contribution in [0.4, 0.5) is 0 Å². The fourth-order valence-corrected chi connectivity index (χ4v) is 2.93. The predicted octanol–water partition coefficient (Wildman–Crippen LogP) is 3.14. The Balaban J connectivity index is 2.90. The van der Waals surface area contributed by atoms with Crippen molar-refractivity contribution in [3.8, 4) is 0 Å². The van der Waals surface area contributed by atoms with E-state index >= 15 is 0 Å². The van der Waals surface area contributed by atoms with Gasteiger partial charge >= 0.3 is 0 Å². The van der Waals surface area contributed by atoms with E-state index in [4.69, 9.17) is 0 Å². The van der Waals surface area contributed by atoms with Crippen LogP contribution in [0.1, 0.15) is 40.7 Å². The molecule has 2 aromatic rings. The summed E-state index contributed by atoms with van der Waals surface area (Å²) in [5.41, 5.74) is 1.06. The number of aromatic nitrogens is 4. The van der Waals surface area contributed by atoms with Gasteiger partial charge in [0.05, 0.1) is 5.70 Å². The Morgan fingerprint density at radius 3 is 2.50 bits per heavy atom. The molecular weight excluding hydrogens is 350 g/mol. The maximum absolute atomic E-state index is 12.9. The van der Waals surface area contributed by atoms with E-state index in [-0.39, 0.29) is 17.6 Å². The number of rotatable bonds is 7. The minimum atomic E-state index is -0.153. The Bertz CT molecular complexity index is 908. The van der Waals surface area contributed by atoms with Crippen LogP contribution in [0.2, 0.25) is 0 Å². The molecule has 8 heteroatoms. The van der Waals surface area contributed by atoms with Crippen LogP contribution in [0.3, 0.4) is 0 Å². The Morgan fingerprint density at radius 1 is 1.31 bits per heavy atom. The fraction of sp³-hybridized carbons (Fsp3) is 0.444. The SMILES string of the molecule is C/C=C\C(=C/N(C=O)C(C)C)n1c2nc(SC)ncc2c(=O)n1C(C)C. The van der Waals surface area contributed by atoms with E-state index in [1.54, 1.807) is 26.7 Å². The summed E-state index contributed by atoms with van der Waals surface area (Å²) in [6, 6.07) is -0.1000. The molecule has 0 saturated carbocycles. The van der Waals surface area contributed by atoms with E-state index in [1.165, 1.54) is 11.8 Å². The summed E-state index contributed by atoms with van der Waals surface area (Å²) in [5.74, 6) is 0. The smallest absolute Gasteiger partial charge is 0.278 e. The van der Waals surface area contributed by atoms with Crippen molar-refractivity contribution in [2.75, 3.05) is 6.26 Å². The molecule has 0 aliphatic carbocycles. The molecule has 1 amide bonds. The predicted molar refractivity (Wildman–Crippen MR) is 106 cm³/mol. The molecule has 0 fully saturated rings. The van der Waals surface area contributed by atoms with E-state index in [0.717, 1.165) is 6.41 Å². The number of carbonyl (C=O) groups is 1. The number of amides is 1. The monoisotopic (exact) mass is 375 g/mol. The minimum Gasteiger partial charge on any atom is -0.317 e. The lowest BCUT2D eigenvalue weighted by Gasteiger charge is -2.21. The van der Waals surface area contributed by atoms with E-state index in [9.17, 15) is 9.59 Å². The number of thioether (sulfide) groups is 1. The maximum atomic E-state index is 12.9. The molecule has 0 radical (unpaired) electrons. The number of nitrogens with zero attached hydrogens (tertiary/aromatic N) is 5. The number of allylic oxidation sites excluding steroid dienone is 3. The zero-order valence-electron chi connectivity index (χ0n) is 16.0. The standard InChI is InChI=1S/C18H25N5O2S/c1-7-8-14(10-21(11-24)12(2)3)23-16-15(9-19-18(20-16)26-6)17(25)22(23)13(4)5/h7-13H,1-6H3/b8-7-,14-10+. The van der Waals surface area contributed by atoms with Crippen LogP contribution >= 0.6 is 11.8 Å². The summed E-state index contributed by atoms with van der Waals surface area (Å²) in [7, 11) is 0. The quantitative estimate of drug-likeness (QED) is 0.322. The van der Waals surface area contributed by atoms with Gasteiger partial charge in [-0.3, -0.25) is 9.59 Å². The third-order valence-electron chi connectivity index (χ3n) is 3.85. The van der Waals surface area contributed by atoms with Gasteiger partial charge in [-0.15, -0.1) is 0 Å². The van der Waals surface area contributed by atoms with Gasteiger partial charge in [0.2, 0.25) is 6.41 Å². The van der Waals surface area contributed by atoms with Crippen molar-refractivity contribution in [3.05, 3.63) is 34.9 Å². The lowest BCUT2D eigenvalue weighted by Crippen LogP contribution is -2.27. The average molecular weight is 375 g/mol. The lowest BCUT2D eigenvalue weighted by molar-refractivity contribution is -0.117. The minimum absolute atomic E-state index is 0.00908. The van der Waals surface area contributed by atoms with Crippen LogP contribution in [0.15, 0.2) is 34.5 Å². The summed E-state index contributed by atoms with van der Waals surface area (Å²) in [4.78, 5) is 34.7. The number of carbonyl (C=O) groups excluding carboxylic acids is 1. The molecule has 7 nitrogen and oxygen atoms in total. The summed E-state index contributed by atoms with van der Waals surface area (Å²) >= 11 is 1.41. The first-order chi connectivity index (χ1) is 12.3. The summed E-state index contributed by atoms with van der Waals surface area (Å²) in [5, 5.41) is 1.04. The molecular formula is C18H25N5O2S. The third-order valence-corrected chi connectivity index (χ3v) is 4.42. The summed E-state index contributed by atoms with van der Waals surface area (Å²) in [6.45, 7) is 9.62. The Kier molecular flexibility index (Phi) is 6.42. The molecule has 140 valence electrons. The van der Waals surface area contributed by atoms with Gasteiger partial charge < -0.3 is 4.90 Å². The van der Waals surface area contributed by atoms with Crippen LogP contribution in [0, 0.1) is 0 Å². The van der Waals surface area contributed by atoms with E-state index in [0.29, 0.717) is 21.9 Å². The molecule has 0 aliphatic heterocycles. The average Bonchev–Trinajstić information content (AvgIpc) is 2.90.